The van der Waals surface area contributed by atoms with Gasteiger partial charge in [-0.1, -0.05) is 13.8 Å². The number of hydrogen-bond donors (Lipinski definition) is 2. The molecule has 126 valence electrons. The summed E-state index contributed by atoms with van der Waals surface area (Å²) in [5.74, 6) is -0.232. The van der Waals surface area contributed by atoms with E-state index in [1.807, 2.05) is 20.8 Å². The molecule has 6 nitrogen and oxygen atoms in total. The van der Waals surface area contributed by atoms with Crippen molar-refractivity contribution in [2.75, 3.05) is 20.1 Å². The van der Waals surface area contributed by atoms with E-state index in [0.29, 0.717) is 11.2 Å². The Balaban J connectivity index is 0.00000441. The van der Waals surface area contributed by atoms with Gasteiger partial charge in [0.25, 0.3) is 5.91 Å². The molecule has 1 rings (SSSR count). The summed E-state index contributed by atoms with van der Waals surface area (Å²) >= 11 is 3.13. The summed E-state index contributed by atoms with van der Waals surface area (Å²) in [6.07, 6.45) is 0. The Kier molecular flexibility index (Phi) is 8.14. The number of nitrogens with one attached hydrogen (secondary N) is 1. The van der Waals surface area contributed by atoms with Crippen LogP contribution in [0.2, 0.25) is 0 Å². The zero-order chi connectivity index (χ0) is 16.2. The van der Waals surface area contributed by atoms with Crippen molar-refractivity contribution in [1.29, 1.82) is 0 Å². The Morgan fingerprint density at radius 2 is 2.05 bits per heavy atom. The number of carbonyl (C=O) groups is 2. The Morgan fingerprint density at radius 1 is 1.45 bits per heavy atom. The number of nitrogens with zero attached hydrogens (tertiary/aromatic N) is 1. The van der Waals surface area contributed by atoms with Gasteiger partial charge in [-0.3, -0.25) is 9.59 Å². The topological polar surface area (TPSA) is 88.6 Å². The van der Waals surface area contributed by atoms with Crippen molar-refractivity contribution in [3.63, 3.8) is 0 Å². The summed E-state index contributed by atoms with van der Waals surface area (Å²) in [6.45, 7) is 6.14. The molecule has 1 aromatic heterocycles. The molecule has 1 heterocycles. The summed E-state index contributed by atoms with van der Waals surface area (Å²) < 4.78 is 5.65. The second kappa shape index (κ2) is 8.55. The van der Waals surface area contributed by atoms with Gasteiger partial charge >= 0.3 is 0 Å². The lowest BCUT2D eigenvalue weighted by molar-refractivity contribution is -0.123. The Labute approximate surface area is 145 Å². The molecule has 22 heavy (non-hydrogen) atoms. The SMILES string of the molecule is CC(C)C(C)(CN)NC(=O)CN(C)C(=O)c1ccc(Br)o1.Cl. The summed E-state index contributed by atoms with van der Waals surface area (Å²) in [6, 6.07) is 3.18. The van der Waals surface area contributed by atoms with Gasteiger partial charge in [-0.2, -0.15) is 0 Å². The van der Waals surface area contributed by atoms with Crippen LogP contribution in [0.3, 0.4) is 0 Å². The van der Waals surface area contributed by atoms with Crippen LogP contribution >= 0.6 is 28.3 Å². The average Bonchev–Trinajstić information content (AvgIpc) is 2.83. The van der Waals surface area contributed by atoms with Gasteiger partial charge in [-0.05, 0) is 40.9 Å². The van der Waals surface area contributed by atoms with Gasteiger partial charge in [-0.15, -0.1) is 12.4 Å². The van der Waals surface area contributed by atoms with Crippen LogP contribution in [-0.2, 0) is 4.79 Å². The molecule has 0 saturated heterocycles. The van der Waals surface area contributed by atoms with E-state index in [2.05, 4.69) is 21.2 Å². The number of nitrogens with two attached hydrogens (primary N) is 1. The molecule has 0 aliphatic carbocycles. The second-order valence-electron chi connectivity index (χ2n) is 5.59. The predicted molar refractivity (Wildman–Crippen MR) is 91.1 cm³/mol. The van der Waals surface area contributed by atoms with Crippen LogP contribution in [0, 0.1) is 5.92 Å². The summed E-state index contributed by atoms with van der Waals surface area (Å²) in [7, 11) is 1.55. The lowest BCUT2D eigenvalue weighted by atomic mass is 9.88. The number of furan rings is 1. The van der Waals surface area contributed by atoms with Crippen LogP contribution in [0.15, 0.2) is 21.2 Å². The van der Waals surface area contributed by atoms with Gasteiger partial charge in [0.15, 0.2) is 10.4 Å². The minimum absolute atomic E-state index is 0. The Bertz CT molecular complexity index is 521. The summed E-state index contributed by atoms with van der Waals surface area (Å²) in [5.41, 5.74) is 5.23. The van der Waals surface area contributed by atoms with Crippen molar-refractivity contribution >= 4 is 40.2 Å². The predicted octanol–water partition coefficient (Wildman–Crippen LogP) is 2.03. The maximum Gasteiger partial charge on any atom is 0.289 e. The zero-order valence-electron chi connectivity index (χ0n) is 13.2. The summed E-state index contributed by atoms with van der Waals surface area (Å²) in [4.78, 5) is 25.4. The number of amides is 2. The minimum atomic E-state index is -0.491. The molecule has 0 aromatic carbocycles. The molecule has 1 atom stereocenters. The highest BCUT2D eigenvalue weighted by Crippen LogP contribution is 2.16. The molecule has 0 saturated carbocycles. The molecule has 1 unspecified atom stereocenters. The second-order valence-corrected chi connectivity index (χ2v) is 6.37. The number of carbonyl (C=O) groups excluding carboxylic acids is 2. The highest BCUT2D eigenvalue weighted by atomic mass is 79.9. The average molecular weight is 397 g/mol. The number of likely N-dealkylation sites (N-methyl/N-ethyl adjacent to an activating group) is 1. The van der Waals surface area contributed by atoms with Crippen LogP contribution in [-0.4, -0.2) is 42.4 Å². The van der Waals surface area contributed by atoms with Crippen molar-refractivity contribution in [3.8, 4) is 0 Å². The highest BCUT2D eigenvalue weighted by molar-refractivity contribution is 9.10. The Hall–Kier alpha value is -1.05. The normalized spacial score (nSPS) is 13.2. The standard InChI is InChI=1S/C14H22BrN3O3.ClH/c1-9(2)14(3,8-16)17-12(19)7-18(4)13(20)10-5-6-11(15)21-10;/h5-6,9H,7-8,16H2,1-4H3,(H,17,19);1H. The van der Waals surface area contributed by atoms with Crippen LogP contribution < -0.4 is 11.1 Å². The molecule has 0 radical (unpaired) electrons. The van der Waals surface area contributed by atoms with E-state index in [1.165, 1.54) is 4.90 Å². The monoisotopic (exact) mass is 395 g/mol. The molecule has 3 N–H and O–H groups in total. The van der Waals surface area contributed by atoms with E-state index < -0.39 is 5.54 Å². The molecule has 0 aliphatic rings. The number of rotatable bonds is 6. The molecular weight excluding hydrogens is 374 g/mol. The fraction of sp³-hybridized carbons (Fsp3) is 0.571. The first-order valence-electron chi connectivity index (χ1n) is 6.71. The fourth-order valence-electron chi connectivity index (χ4n) is 1.69. The quantitative estimate of drug-likeness (QED) is 0.770. The van der Waals surface area contributed by atoms with E-state index in [9.17, 15) is 9.59 Å². The van der Waals surface area contributed by atoms with Crippen LogP contribution in [0.25, 0.3) is 0 Å². The van der Waals surface area contributed by atoms with Gasteiger partial charge in [0.05, 0.1) is 12.1 Å². The number of hydrogen-bond acceptors (Lipinski definition) is 4. The van der Waals surface area contributed by atoms with E-state index in [-0.39, 0.29) is 42.4 Å². The van der Waals surface area contributed by atoms with Gasteiger partial charge < -0.3 is 20.4 Å². The molecular formula is C14H23BrClN3O3. The maximum absolute atomic E-state index is 12.1. The van der Waals surface area contributed by atoms with E-state index in [4.69, 9.17) is 10.2 Å². The first-order chi connectivity index (χ1) is 9.69. The Morgan fingerprint density at radius 3 is 2.45 bits per heavy atom. The lowest BCUT2D eigenvalue weighted by Crippen LogP contribution is -2.57. The van der Waals surface area contributed by atoms with Crippen LogP contribution in [0.5, 0.6) is 0 Å². The first-order valence-corrected chi connectivity index (χ1v) is 7.50. The van der Waals surface area contributed by atoms with Gasteiger partial charge in [0.1, 0.15) is 0 Å². The van der Waals surface area contributed by atoms with Crippen molar-refractivity contribution in [3.05, 3.63) is 22.6 Å². The van der Waals surface area contributed by atoms with Crippen molar-refractivity contribution < 1.29 is 14.0 Å². The first kappa shape index (κ1) is 20.9. The third kappa shape index (κ3) is 5.30. The van der Waals surface area contributed by atoms with Gasteiger partial charge in [-0.25, -0.2) is 0 Å². The van der Waals surface area contributed by atoms with Crippen molar-refractivity contribution in [2.45, 2.75) is 26.3 Å². The zero-order valence-corrected chi connectivity index (χ0v) is 15.6. The molecule has 0 aliphatic heterocycles. The third-order valence-electron chi connectivity index (χ3n) is 3.63. The highest BCUT2D eigenvalue weighted by Gasteiger charge is 2.29. The van der Waals surface area contributed by atoms with E-state index in [0.717, 1.165) is 0 Å². The molecule has 0 spiro atoms. The third-order valence-corrected chi connectivity index (χ3v) is 4.06. The molecule has 2 amide bonds. The minimum Gasteiger partial charge on any atom is -0.444 e. The smallest absolute Gasteiger partial charge is 0.289 e. The fourth-order valence-corrected chi connectivity index (χ4v) is 2.00. The molecule has 8 heteroatoms. The van der Waals surface area contributed by atoms with Crippen molar-refractivity contribution in [2.24, 2.45) is 11.7 Å². The van der Waals surface area contributed by atoms with Crippen LogP contribution in [0.1, 0.15) is 31.3 Å². The van der Waals surface area contributed by atoms with E-state index in [1.54, 1.807) is 19.2 Å². The van der Waals surface area contributed by atoms with Crippen LogP contribution in [0.4, 0.5) is 0 Å². The maximum atomic E-state index is 12.1. The van der Waals surface area contributed by atoms with Gasteiger partial charge in [0, 0.05) is 13.6 Å². The molecule has 1 aromatic rings. The number of halogens is 2. The van der Waals surface area contributed by atoms with E-state index >= 15 is 0 Å². The largest absolute Gasteiger partial charge is 0.444 e. The van der Waals surface area contributed by atoms with Crippen molar-refractivity contribution in [1.82, 2.24) is 10.2 Å². The molecule has 0 fully saturated rings. The van der Waals surface area contributed by atoms with Gasteiger partial charge in [0.2, 0.25) is 5.91 Å². The lowest BCUT2D eigenvalue weighted by Gasteiger charge is -2.34. The molecule has 0 bridgehead atoms. The summed E-state index contributed by atoms with van der Waals surface area (Å²) in [5, 5.41) is 2.89.